The number of hydrogen-bond acceptors (Lipinski definition) is 7. The Labute approximate surface area is 146 Å². The molecule has 1 N–H and O–H groups in total. The Morgan fingerprint density at radius 1 is 1.04 bits per heavy atom. The minimum absolute atomic E-state index is 0.00855. The van der Waals surface area contributed by atoms with Crippen molar-refractivity contribution in [1.82, 2.24) is 4.98 Å². The molecule has 1 heterocycles. The number of nitrogens with one attached hydrogen (secondary N) is 1. The third-order valence-corrected chi connectivity index (χ3v) is 5.36. The molecule has 1 aromatic heterocycles. The first-order valence-electron chi connectivity index (χ1n) is 6.90. The van der Waals surface area contributed by atoms with Crippen LogP contribution in [0.2, 0.25) is 0 Å². The van der Waals surface area contributed by atoms with E-state index >= 15 is 0 Å². The summed E-state index contributed by atoms with van der Waals surface area (Å²) in [5, 5.41) is 10.3. The van der Waals surface area contributed by atoms with E-state index < -0.39 is 14.9 Å². The molecule has 0 saturated heterocycles. The van der Waals surface area contributed by atoms with Crippen LogP contribution in [0.15, 0.2) is 65.7 Å². The molecular weight excluding hydrogens is 366 g/mol. The number of thiazole rings is 1. The highest BCUT2D eigenvalue weighted by molar-refractivity contribution is 7.93. The monoisotopic (exact) mass is 377 g/mol. The van der Waals surface area contributed by atoms with Crippen LogP contribution in [-0.4, -0.2) is 18.3 Å². The van der Waals surface area contributed by atoms with Gasteiger partial charge in [-0.3, -0.25) is 14.8 Å². The summed E-state index contributed by atoms with van der Waals surface area (Å²) in [4.78, 5) is 13.7. The molecule has 0 bridgehead atoms. The highest BCUT2D eigenvalue weighted by Crippen LogP contribution is 2.28. The molecule has 0 spiro atoms. The Kier molecular flexibility index (Phi) is 4.63. The van der Waals surface area contributed by atoms with Crippen molar-refractivity contribution in [3.8, 4) is 11.5 Å². The van der Waals surface area contributed by atoms with Gasteiger partial charge in [-0.25, -0.2) is 13.4 Å². The lowest BCUT2D eigenvalue weighted by molar-refractivity contribution is -0.380. The molecule has 3 rings (SSSR count). The van der Waals surface area contributed by atoms with E-state index in [1.165, 1.54) is 24.3 Å². The number of benzene rings is 2. The molecule has 10 heteroatoms. The average molecular weight is 377 g/mol. The maximum Gasteiger partial charge on any atom is 0.345 e. The van der Waals surface area contributed by atoms with Crippen molar-refractivity contribution >= 4 is 31.5 Å². The van der Waals surface area contributed by atoms with Gasteiger partial charge in [0.25, 0.3) is 10.0 Å². The minimum atomic E-state index is -3.90. The third kappa shape index (κ3) is 4.11. The molecule has 0 atom stereocenters. The molecule has 128 valence electrons. The third-order valence-electron chi connectivity index (χ3n) is 3.01. The van der Waals surface area contributed by atoms with E-state index in [1.54, 1.807) is 12.1 Å². The van der Waals surface area contributed by atoms with Crippen LogP contribution < -0.4 is 9.46 Å². The van der Waals surface area contributed by atoms with Gasteiger partial charge >= 0.3 is 5.00 Å². The maximum absolute atomic E-state index is 12.3. The topological polar surface area (TPSA) is 111 Å². The lowest BCUT2D eigenvalue weighted by atomic mass is 10.3. The Morgan fingerprint density at radius 3 is 2.28 bits per heavy atom. The summed E-state index contributed by atoms with van der Waals surface area (Å²) in [5.41, 5.74) is 0. The molecule has 0 amide bonds. The van der Waals surface area contributed by atoms with Gasteiger partial charge in [-0.05, 0) is 47.7 Å². The molecule has 25 heavy (non-hydrogen) atoms. The number of anilines is 1. The van der Waals surface area contributed by atoms with Crippen LogP contribution in [0, 0.1) is 10.1 Å². The van der Waals surface area contributed by atoms with Crippen molar-refractivity contribution in [2.75, 3.05) is 4.72 Å². The molecule has 2 aromatic carbocycles. The molecule has 3 aromatic rings. The summed E-state index contributed by atoms with van der Waals surface area (Å²) < 4.78 is 32.4. The quantitative estimate of drug-likeness (QED) is 0.518. The maximum atomic E-state index is 12.3. The molecule has 0 saturated carbocycles. The zero-order valence-corrected chi connectivity index (χ0v) is 14.2. The van der Waals surface area contributed by atoms with Gasteiger partial charge < -0.3 is 4.74 Å². The second kappa shape index (κ2) is 6.87. The first kappa shape index (κ1) is 16.9. The average Bonchev–Trinajstić information content (AvgIpc) is 3.04. The second-order valence-electron chi connectivity index (χ2n) is 4.75. The van der Waals surface area contributed by atoms with E-state index in [9.17, 15) is 18.5 Å². The van der Waals surface area contributed by atoms with Crippen LogP contribution in [0.1, 0.15) is 0 Å². The molecule has 0 fully saturated rings. The van der Waals surface area contributed by atoms with Crippen LogP contribution in [0.4, 0.5) is 10.1 Å². The predicted octanol–water partition coefficient (Wildman–Crippen LogP) is 3.64. The second-order valence-corrected chi connectivity index (χ2v) is 7.44. The first-order chi connectivity index (χ1) is 11.9. The molecule has 0 unspecified atom stereocenters. The van der Waals surface area contributed by atoms with Crippen molar-refractivity contribution in [3.63, 3.8) is 0 Å². The summed E-state index contributed by atoms with van der Waals surface area (Å²) in [6.07, 6.45) is 0.999. The Hall–Kier alpha value is -2.98. The van der Waals surface area contributed by atoms with E-state index in [4.69, 9.17) is 4.74 Å². The Balaban J connectivity index is 1.74. The van der Waals surface area contributed by atoms with Gasteiger partial charge in [0.15, 0.2) is 0 Å². The number of nitrogens with zero attached hydrogens (tertiary/aromatic N) is 2. The van der Waals surface area contributed by atoms with Crippen molar-refractivity contribution in [3.05, 3.63) is 70.9 Å². The van der Waals surface area contributed by atoms with Crippen molar-refractivity contribution in [2.45, 2.75) is 4.90 Å². The van der Waals surface area contributed by atoms with E-state index in [1.807, 2.05) is 18.2 Å². The molecule has 0 aliphatic rings. The van der Waals surface area contributed by atoms with Crippen molar-refractivity contribution in [1.29, 1.82) is 0 Å². The number of para-hydroxylation sites is 1. The lowest BCUT2D eigenvalue weighted by Crippen LogP contribution is -2.12. The number of aromatic nitrogens is 1. The van der Waals surface area contributed by atoms with E-state index in [-0.39, 0.29) is 15.0 Å². The summed E-state index contributed by atoms with van der Waals surface area (Å²) in [6.45, 7) is 0. The fourth-order valence-electron chi connectivity index (χ4n) is 1.88. The number of ether oxygens (including phenoxy) is 1. The molecule has 0 aliphatic heterocycles. The zero-order valence-electron chi connectivity index (χ0n) is 12.5. The van der Waals surface area contributed by atoms with Crippen molar-refractivity contribution in [2.24, 2.45) is 0 Å². The minimum Gasteiger partial charge on any atom is -0.457 e. The van der Waals surface area contributed by atoms with Crippen LogP contribution in [0.5, 0.6) is 11.5 Å². The van der Waals surface area contributed by atoms with Gasteiger partial charge in [-0.1, -0.05) is 18.2 Å². The Morgan fingerprint density at radius 2 is 1.68 bits per heavy atom. The molecule has 8 nitrogen and oxygen atoms in total. The van der Waals surface area contributed by atoms with Crippen LogP contribution in [0.3, 0.4) is 0 Å². The summed E-state index contributed by atoms with van der Waals surface area (Å²) in [7, 11) is -3.90. The smallest absolute Gasteiger partial charge is 0.345 e. The number of hydrogen-bond donors (Lipinski definition) is 1. The SMILES string of the molecule is O=[N+]([O-])c1cnc(NS(=O)(=O)c2ccc(Oc3ccccc3)cc2)s1. The summed E-state index contributed by atoms with van der Waals surface area (Å²) >= 11 is 0.642. The highest BCUT2D eigenvalue weighted by atomic mass is 32.2. The lowest BCUT2D eigenvalue weighted by Gasteiger charge is -2.07. The Bertz CT molecular complexity index is 986. The van der Waals surface area contributed by atoms with E-state index in [0.717, 1.165) is 6.20 Å². The first-order valence-corrected chi connectivity index (χ1v) is 9.20. The summed E-state index contributed by atoms with van der Waals surface area (Å²) in [5.74, 6) is 1.11. The number of rotatable bonds is 6. The van der Waals surface area contributed by atoms with Crippen LogP contribution in [-0.2, 0) is 10.0 Å². The normalized spacial score (nSPS) is 11.0. The summed E-state index contributed by atoms with van der Waals surface area (Å²) in [6, 6.07) is 14.9. The molecule has 0 aliphatic carbocycles. The van der Waals surface area contributed by atoms with Crippen LogP contribution >= 0.6 is 11.3 Å². The number of sulfonamides is 1. The molecular formula is C15H11N3O5S2. The van der Waals surface area contributed by atoms with E-state index in [2.05, 4.69) is 9.71 Å². The highest BCUT2D eigenvalue weighted by Gasteiger charge is 2.19. The van der Waals surface area contributed by atoms with Gasteiger partial charge in [0.1, 0.15) is 17.7 Å². The molecule has 0 radical (unpaired) electrons. The van der Waals surface area contributed by atoms with Gasteiger partial charge in [0.2, 0.25) is 5.13 Å². The standard InChI is InChI=1S/C15H11N3O5S2/c19-18(20)14-10-16-15(24-14)17-25(21,22)13-8-6-12(7-9-13)23-11-4-2-1-3-5-11/h1-10H,(H,16,17). The van der Waals surface area contributed by atoms with Gasteiger partial charge in [0.05, 0.1) is 9.82 Å². The van der Waals surface area contributed by atoms with Crippen LogP contribution in [0.25, 0.3) is 0 Å². The fourth-order valence-corrected chi connectivity index (χ4v) is 3.76. The zero-order chi connectivity index (χ0) is 17.9. The fraction of sp³-hybridized carbons (Fsp3) is 0. The van der Waals surface area contributed by atoms with Gasteiger partial charge in [-0.2, -0.15) is 0 Å². The van der Waals surface area contributed by atoms with Gasteiger partial charge in [-0.15, -0.1) is 0 Å². The van der Waals surface area contributed by atoms with Gasteiger partial charge in [0, 0.05) is 0 Å². The van der Waals surface area contributed by atoms with E-state index in [0.29, 0.717) is 22.8 Å². The number of nitro groups is 1. The largest absolute Gasteiger partial charge is 0.457 e. The van der Waals surface area contributed by atoms with Crippen molar-refractivity contribution < 1.29 is 18.1 Å². The predicted molar refractivity (Wildman–Crippen MR) is 92.5 cm³/mol.